The van der Waals surface area contributed by atoms with Crippen molar-refractivity contribution in [2.75, 3.05) is 18.0 Å². The fourth-order valence-corrected chi connectivity index (χ4v) is 10.7. The normalized spacial score (nSPS) is 21.8. The molecule has 0 fully saturated rings. The smallest absolute Gasteiger partial charge is 0.0443 e. The Morgan fingerprint density at radius 1 is 0.698 bits per heavy atom. The van der Waals surface area contributed by atoms with E-state index in [0.717, 1.165) is 13.1 Å². The van der Waals surface area contributed by atoms with E-state index in [4.69, 9.17) is 0 Å². The first-order valence-corrected chi connectivity index (χ1v) is 20.0. The van der Waals surface area contributed by atoms with E-state index in [1.165, 1.54) is 122 Å². The largest absolute Gasteiger partial charge is 0.342 e. The lowest BCUT2D eigenvalue weighted by Crippen LogP contribution is -2.29. The summed E-state index contributed by atoms with van der Waals surface area (Å²) in [7, 11) is 0. The van der Waals surface area contributed by atoms with E-state index in [-0.39, 0.29) is 5.41 Å². The first-order valence-electron chi connectivity index (χ1n) is 20.0. The van der Waals surface area contributed by atoms with Gasteiger partial charge in [0.1, 0.15) is 0 Å². The van der Waals surface area contributed by atoms with Crippen LogP contribution < -0.4 is 4.90 Å². The van der Waals surface area contributed by atoms with Crippen LogP contribution in [0.4, 0.5) is 11.4 Å². The molecule has 0 amide bonds. The second-order valence-electron chi connectivity index (χ2n) is 16.6. The molecule has 2 heteroatoms. The quantitative estimate of drug-likeness (QED) is 0.174. The topological polar surface area (TPSA) is 6.48 Å². The van der Waals surface area contributed by atoms with Crippen LogP contribution in [0.3, 0.4) is 0 Å². The lowest BCUT2D eigenvalue weighted by atomic mass is 9.81. The van der Waals surface area contributed by atoms with Crippen LogP contribution in [0.5, 0.6) is 0 Å². The Hall–Kier alpha value is -5.34. The number of rotatable bonds is 4. The summed E-state index contributed by atoms with van der Waals surface area (Å²) in [5, 5.41) is 2.83. The summed E-state index contributed by atoms with van der Waals surface area (Å²) in [6, 6.07) is 35.0. The van der Waals surface area contributed by atoms with Crippen LogP contribution in [-0.2, 0) is 11.8 Å². The summed E-state index contributed by atoms with van der Waals surface area (Å²) in [6.07, 6.45) is 24.2. The van der Waals surface area contributed by atoms with Crippen LogP contribution in [0, 0.1) is 0 Å². The van der Waals surface area contributed by atoms with Crippen LogP contribution in [0.15, 0.2) is 138 Å². The molecule has 4 aliphatic carbocycles. The van der Waals surface area contributed by atoms with E-state index < -0.39 is 0 Å². The number of fused-ring (bicyclic) bond motifs is 7. The van der Waals surface area contributed by atoms with Crippen molar-refractivity contribution in [3.63, 3.8) is 0 Å². The van der Waals surface area contributed by atoms with Crippen molar-refractivity contribution >= 4 is 34.3 Å². The molecule has 0 saturated heterocycles. The molecule has 11 rings (SSSR count). The van der Waals surface area contributed by atoms with Crippen LogP contribution in [0.2, 0.25) is 0 Å². The van der Waals surface area contributed by atoms with Gasteiger partial charge in [-0.1, -0.05) is 117 Å². The van der Waals surface area contributed by atoms with Crippen molar-refractivity contribution < 1.29 is 0 Å². The van der Waals surface area contributed by atoms with Gasteiger partial charge in [-0.25, -0.2) is 0 Å². The zero-order valence-corrected chi connectivity index (χ0v) is 30.9. The maximum Gasteiger partial charge on any atom is 0.0443 e. The Morgan fingerprint density at radius 3 is 2.47 bits per heavy atom. The second kappa shape index (κ2) is 11.8. The van der Waals surface area contributed by atoms with Gasteiger partial charge in [-0.05, 0) is 135 Å². The van der Waals surface area contributed by atoms with Crippen molar-refractivity contribution in [2.24, 2.45) is 0 Å². The monoisotopic (exact) mass is 686 g/mol. The highest BCUT2D eigenvalue weighted by Gasteiger charge is 2.37. The molecule has 6 aliphatic rings. The van der Waals surface area contributed by atoms with Crippen LogP contribution >= 0.6 is 0 Å². The standard InChI is InChI=1S/C51H46N2/c1-51(2)46-30-33(19-24-41(46)42-27-23-38(32-47(42)51)53-29-9-13-36-11-4-6-17-49(36)53)18-20-34-21-25-44-40-26-22-37(31-45(40)43-15-7-14-39(34)50(43)44)52-28-8-12-35-10-3-5-16-48(35)52/h4-7,11,14-27,30-32,40,45H,3,8-10,12-13,28-29H2,1-2H3/b20-18+. The minimum absolute atomic E-state index is 0.0718. The highest BCUT2D eigenvalue weighted by atomic mass is 15.2. The third-order valence-electron chi connectivity index (χ3n) is 13.3. The lowest BCUT2D eigenvalue weighted by molar-refractivity contribution is 0.396. The van der Waals surface area contributed by atoms with E-state index in [0.29, 0.717) is 11.8 Å². The number of hydrogen-bond acceptors (Lipinski definition) is 2. The number of nitrogens with zero attached hydrogens (tertiary/aromatic N) is 2. The Labute approximate surface area is 314 Å². The van der Waals surface area contributed by atoms with Gasteiger partial charge in [-0.15, -0.1) is 0 Å². The third-order valence-corrected chi connectivity index (χ3v) is 13.3. The molecule has 0 bridgehead atoms. The number of aryl methyl sites for hydroxylation is 1. The minimum atomic E-state index is -0.0718. The Bertz CT molecular complexity index is 2520. The first-order chi connectivity index (χ1) is 26.0. The van der Waals surface area contributed by atoms with E-state index in [2.05, 4.69) is 157 Å². The fourth-order valence-electron chi connectivity index (χ4n) is 10.7. The molecule has 2 atom stereocenters. The van der Waals surface area contributed by atoms with E-state index in [9.17, 15) is 0 Å². The van der Waals surface area contributed by atoms with Gasteiger partial charge in [0.15, 0.2) is 0 Å². The first kappa shape index (κ1) is 31.2. The Morgan fingerprint density at radius 2 is 1.53 bits per heavy atom. The van der Waals surface area contributed by atoms with Crippen molar-refractivity contribution in [2.45, 2.75) is 69.6 Å². The SMILES string of the molecule is CC1(C)c2cc(/C=C/c3ccc4c5c(cccc35)C3C=C(N5CCCC6=C5C=CCC6)C=CC43)ccc2-c2ccc(N3CCCc4ccccc43)cc21. The molecule has 0 aromatic heterocycles. The molecule has 2 aliphatic heterocycles. The van der Waals surface area contributed by atoms with Gasteiger partial charge in [0.05, 0.1) is 0 Å². The summed E-state index contributed by atoms with van der Waals surface area (Å²) in [4.78, 5) is 5.13. The summed E-state index contributed by atoms with van der Waals surface area (Å²) in [5.41, 5.74) is 19.7. The maximum absolute atomic E-state index is 2.60. The zero-order chi connectivity index (χ0) is 35.3. The van der Waals surface area contributed by atoms with Gasteiger partial charge < -0.3 is 9.80 Å². The van der Waals surface area contributed by atoms with Crippen molar-refractivity contribution in [3.05, 3.63) is 177 Å². The van der Waals surface area contributed by atoms with E-state index >= 15 is 0 Å². The molecule has 0 N–H and O–H groups in total. The number of anilines is 2. The van der Waals surface area contributed by atoms with Gasteiger partial charge in [0.25, 0.3) is 0 Å². The van der Waals surface area contributed by atoms with Gasteiger partial charge >= 0.3 is 0 Å². The number of allylic oxidation sites excluding steroid dienone is 6. The molecule has 2 nitrogen and oxygen atoms in total. The Balaban J connectivity index is 0.900. The average Bonchev–Trinajstić information content (AvgIpc) is 3.65. The molecule has 5 aromatic rings. The van der Waals surface area contributed by atoms with Crippen LogP contribution in [0.1, 0.15) is 96.7 Å². The van der Waals surface area contributed by atoms with E-state index in [1.807, 2.05) is 0 Å². The summed E-state index contributed by atoms with van der Waals surface area (Å²) in [6.45, 7) is 7.00. The molecule has 0 saturated carbocycles. The predicted octanol–water partition coefficient (Wildman–Crippen LogP) is 12.7. The third kappa shape index (κ3) is 4.77. The minimum Gasteiger partial charge on any atom is -0.342 e. The lowest BCUT2D eigenvalue weighted by Gasteiger charge is -2.37. The summed E-state index contributed by atoms with van der Waals surface area (Å²) < 4.78 is 0. The molecular weight excluding hydrogens is 641 g/mol. The van der Waals surface area contributed by atoms with Gasteiger partial charge in [-0.2, -0.15) is 0 Å². The molecule has 0 spiro atoms. The second-order valence-corrected chi connectivity index (χ2v) is 16.6. The van der Waals surface area contributed by atoms with Crippen LogP contribution in [0.25, 0.3) is 34.1 Å². The van der Waals surface area contributed by atoms with Gasteiger partial charge in [0.2, 0.25) is 0 Å². The van der Waals surface area contributed by atoms with Crippen molar-refractivity contribution in [3.8, 4) is 11.1 Å². The molecule has 2 unspecified atom stereocenters. The zero-order valence-electron chi connectivity index (χ0n) is 30.9. The molecule has 53 heavy (non-hydrogen) atoms. The highest BCUT2D eigenvalue weighted by Crippen LogP contribution is 2.53. The Kier molecular flexibility index (Phi) is 6.97. The predicted molar refractivity (Wildman–Crippen MR) is 223 cm³/mol. The van der Waals surface area contributed by atoms with Gasteiger partial charge in [-0.3, -0.25) is 0 Å². The summed E-state index contributed by atoms with van der Waals surface area (Å²) in [5.74, 6) is 0.791. The average molecular weight is 687 g/mol. The fraction of sp³-hybridized carbons (Fsp3) is 0.255. The maximum atomic E-state index is 2.60. The molecule has 2 heterocycles. The highest BCUT2D eigenvalue weighted by molar-refractivity contribution is 6.00. The van der Waals surface area contributed by atoms with E-state index in [1.54, 1.807) is 5.57 Å². The molecular formula is C51H46N2. The van der Waals surface area contributed by atoms with Crippen LogP contribution in [-0.4, -0.2) is 18.0 Å². The van der Waals surface area contributed by atoms with Crippen molar-refractivity contribution in [1.82, 2.24) is 4.90 Å². The number of benzene rings is 5. The number of para-hydroxylation sites is 1. The molecule has 0 radical (unpaired) electrons. The molecule has 260 valence electrons. The molecule has 5 aromatic carbocycles. The van der Waals surface area contributed by atoms with Gasteiger partial charge in [0, 0.05) is 53.1 Å². The number of hydrogen-bond donors (Lipinski definition) is 0. The summed E-state index contributed by atoms with van der Waals surface area (Å²) >= 11 is 0. The van der Waals surface area contributed by atoms with Crippen molar-refractivity contribution in [1.29, 1.82) is 0 Å².